The molecule has 0 fully saturated rings. The number of aromatic nitrogens is 1. The third-order valence-corrected chi connectivity index (χ3v) is 3.11. The number of anilines is 1. The lowest BCUT2D eigenvalue weighted by atomic mass is 10.2. The third-order valence-electron chi connectivity index (χ3n) is 2.47. The number of rotatable bonds is 6. The van der Waals surface area contributed by atoms with Crippen molar-refractivity contribution in [1.29, 1.82) is 0 Å². The number of hydrogen-bond donors (Lipinski definition) is 2. The number of carboxylic acids is 1. The van der Waals surface area contributed by atoms with Gasteiger partial charge in [0.2, 0.25) is 0 Å². The Morgan fingerprint density at radius 3 is 2.82 bits per heavy atom. The van der Waals surface area contributed by atoms with Crippen LogP contribution in [0.5, 0.6) is 0 Å². The SMILES string of the molecule is CSCCC(C)Nc1ccc(C(=O)O)c(C)n1. The summed E-state index contributed by atoms with van der Waals surface area (Å²) in [6, 6.07) is 3.64. The Bertz CT molecular complexity index is 396. The first kappa shape index (κ1) is 13.8. The van der Waals surface area contributed by atoms with E-state index in [4.69, 9.17) is 5.11 Å². The van der Waals surface area contributed by atoms with Gasteiger partial charge in [0.1, 0.15) is 5.82 Å². The summed E-state index contributed by atoms with van der Waals surface area (Å²) < 4.78 is 0. The minimum absolute atomic E-state index is 0.257. The number of thioether (sulfide) groups is 1. The van der Waals surface area contributed by atoms with Crippen LogP contribution >= 0.6 is 11.8 Å². The van der Waals surface area contributed by atoms with Crippen LogP contribution in [-0.2, 0) is 0 Å². The second-order valence-corrected chi connectivity index (χ2v) is 4.95. The van der Waals surface area contributed by atoms with Crippen LogP contribution in [0.15, 0.2) is 12.1 Å². The Morgan fingerprint density at radius 1 is 1.59 bits per heavy atom. The van der Waals surface area contributed by atoms with Crippen molar-refractivity contribution in [2.75, 3.05) is 17.3 Å². The first-order valence-electron chi connectivity index (χ1n) is 5.51. The predicted octanol–water partition coefficient (Wildman–Crippen LogP) is 2.64. The molecule has 1 heterocycles. The molecule has 1 aromatic heterocycles. The monoisotopic (exact) mass is 254 g/mol. The molecule has 0 spiro atoms. The van der Waals surface area contributed by atoms with Crippen molar-refractivity contribution in [3.63, 3.8) is 0 Å². The highest BCUT2D eigenvalue weighted by molar-refractivity contribution is 7.98. The fourth-order valence-electron chi connectivity index (χ4n) is 1.49. The van der Waals surface area contributed by atoms with E-state index in [-0.39, 0.29) is 5.56 Å². The Kier molecular flexibility index (Phi) is 5.28. The third kappa shape index (κ3) is 4.26. The van der Waals surface area contributed by atoms with Crippen LogP contribution in [0.1, 0.15) is 29.4 Å². The van der Waals surface area contributed by atoms with E-state index in [0.29, 0.717) is 11.7 Å². The number of nitrogens with one attached hydrogen (secondary N) is 1. The predicted molar refractivity (Wildman–Crippen MR) is 72.0 cm³/mol. The highest BCUT2D eigenvalue weighted by Crippen LogP contribution is 2.12. The molecule has 1 rings (SSSR count). The van der Waals surface area contributed by atoms with Crippen molar-refractivity contribution in [2.24, 2.45) is 0 Å². The number of pyridine rings is 1. The summed E-state index contributed by atoms with van der Waals surface area (Å²) in [5.74, 6) is 0.901. The van der Waals surface area contributed by atoms with E-state index in [1.807, 2.05) is 11.8 Å². The van der Waals surface area contributed by atoms with Crippen LogP contribution < -0.4 is 5.32 Å². The summed E-state index contributed by atoms with van der Waals surface area (Å²) in [7, 11) is 0. The van der Waals surface area contributed by atoms with E-state index in [2.05, 4.69) is 23.5 Å². The first-order valence-corrected chi connectivity index (χ1v) is 6.90. The summed E-state index contributed by atoms with van der Waals surface area (Å²) in [5.41, 5.74) is 0.798. The highest BCUT2D eigenvalue weighted by atomic mass is 32.2. The van der Waals surface area contributed by atoms with Gasteiger partial charge in [0.05, 0.1) is 11.3 Å². The molecule has 1 unspecified atom stereocenters. The van der Waals surface area contributed by atoms with Crippen molar-refractivity contribution in [2.45, 2.75) is 26.3 Å². The van der Waals surface area contributed by atoms with Gasteiger partial charge in [0, 0.05) is 6.04 Å². The van der Waals surface area contributed by atoms with Gasteiger partial charge < -0.3 is 10.4 Å². The minimum atomic E-state index is -0.933. The number of hydrogen-bond acceptors (Lipinski definition) is 4. The number of aromatic carboxylic acids is 1. The molecule has 0 aliphatic carbocycles. The Hall–Kier alpha value is -1.23. The number of aryl methyl sites for hydroxylation is 1. The quantitative estimate of drug-likeness (QED) is 0.817. The molecule has 0 aliphatic heterocycles. The van der Waals surface area contributed by atoms with Gasteiger partial charge in [-0.1, -0.05) is 0 Å². The van der Waals surface area contributed by atoms with E-state index in [0.717, 1.165) is 18.0 Å². The molecular weight excluding hydrogens is 236 g/mol. The summed E-state index contributed by atoms with van der Waals surface area (Å²) in [6.45, 7) is 3.81. The van der Waals surface area contributed by atoms with Gasteiger partial charge in [0.15, 0.2) is 0 Å². The lowest BCUT2D eigenvalue weighted by molar-refractivity contribution is 0.0695. The maximum atomic E-state index is 10.8. The number of carbonyl (C=O) groups is 1. The van der Waals surface area contributed by atoms with Gasteiger partial charge in [0.25, 0.3) is 0 Å². The lowest BCUT2D eigenvalue weighted by Crippen LogP contribution is -2.17. The molecular formula is C12H18N2O2S. The lowest BCUT2D eigenvalue weighted by Gasteiger charge is -2.14. The molecule has 0 bridgehead atoms. The molecule has 94 valence electrons. The minimum Gasteiger partial charge on any atom is -0.478 e. The largest absolute Gasteiger partial charge is 0.478 e. The van der Waals surface area contributed by atoms with Crippen molar-refractivity contribution < 1.29 is 9.90 Å². The average molecular weight is 254 g/mol. The van der Waals surface area contributed by atoms with Crippen molar-refractivity contribution in [3.8, 4) is 0 Å². The zero-order valence-corrected chi connectivity index (χ0v) is 11.2. The maximum absolute atomic E-state index is 10.8. The summed E-state index contributed by atoms with van der Waals surface area (Å²) in [6.07, 6.45) is 3.14. The van der Waals surface area contributed by atoms with Crippen LogP contribution in [-0.4, -0.2) is 34.1 Å². The van der Waals surface area contributed by atoms with Gasteiger partial charge in [-0.3, -0.25) is 0 Å². The number of carboxylic acid groups (broad SMARTS) is 1. The molecule has 1 atom stereocenters. The van der Waals surface area contributed by atoms with E-state index < -0.39 is 5.97 Å². The molecule has 5 heteroatoms. The molecule has 0 amide bonds. The van der Waals surface area contributed by atoms with Crippen LogP contribution in [0.4, 0.5) is 5.82 Å². The zero-order valence-electron chi connectivity index (χ0n) is 10.4. The second kappa shape index (κ2) is 6.49. The van der Waals surface area contributed by atoms with Gasteiger partial charge in [-0.2, -0.15) is 11.8 Å². The zero-order chi connectivity index (χ0) is 12.8. The van der Waals surface area contributed by atoms with E-state index in [1.54, 1.807) is 19.1 Å². The van der Waals surface area contributed by atoms with Crippen LogP contribution in [0.3, 0.4) is 0 Å². The van der Waals surface area contributed by atoms with E-state index in [1.165, 1.54) is 0 Å². The maximum Gasteiger partial charge on any atom is 0.337 e. The molecule has 2 N–H and O–H groups in total. The van der Waals surface area contributed by atoms with Crippen molar-refractivity contribution >= 4 is 23.5 Å². The van der Waals surface area contributed by atoms with Gasteiger partial charge in [-0.05, 0) is 44.4 Å². The van der Waals surface area contributed by atoms with E-state index >= 15 is 0 Å². The molecule has 1 aromatic rings. The Balaban J connectivity index is 2.67. The fourth-order valence-corrected chi connectivity index (χ4v) is 2.08. The molecule has 0 aliphatic rings. The van der Waals surface area contributed by atoms with Gasteiger partial charge in [-0.25, -0.2) is 9.78 Å². The Morgan fingerprint density at radius 2 is 2.29 bits per heavy atom. The summed E-state index contributed by atoms with van der Waals surface area (Å²) in [5, 5.41) is 12.2. The van der Waals surface area contributed by atoms with Crippen LogP contribution in [0.25, 0.3) is 0 Å². The molecule has 0 aromatic carbocycles. The standard InChI is InChI=1S/C12H18N2O2S/c1-8(6-7-17-3)13-11-5-4-10(12(15)16)9(2)14-11/h4-5,8H,6-7H2,1-3H3,(H,13,14)(H,15,16). The smallest absolute Gasteiger partial charge is 0.337 e. The summed E-state index contributed by atoms with van der Waals surface area (Å²) in [4.78, 5) is 15.1. The molecule has 0 radical (unpaired) electrons. The van der Waals surface area contributed by atoms with Crippen molar-refractivity contribution in [1.82, 2.24) is 4.98 Å². The van der Waals surface area contributed by atoms with E-state index in [9.17, 15) is 4.79 Å². The van der Waals surface area contributed by atoms with Crippen LogP contribution in [0.2, 0.25) is 0 Å². The normalized spacial score (nSPS) is 12.2. The molecule has 0 saturated heterocycles. The Labute approximate surface area is 106 Å². The molecule has 17 heavy (non-hydrogen) atoms. The number of nitrogens with zero attached hydrogens (tertiary/aromatic N) is 1. The molecule has 4 nitrogen and oxygen atoms in total. The topological polar surface area (TPSA) is 62.2 Å². The van der Waals surface area contributed by atoms with Crippen LogP contribution in [0, 0.1) is 6.92 Å². The van der Waals surface area contributed by atoms with Gasteiger partial charge >= 0.3 is 5.97 Å². The van der Waals surface area contributed by atoms with Crippen molar-refractivity contribution in [3.05, 3.63) is 23.4 Å². The average Bonchev–Trinajstić information content (AvgIpc) is 2.26. The first-order chi connectivity index (χ1) is 8.04. The molecule has 0 saturated carbocycles. The highest BCUT2D eigenvalue weighted by Gasteiger charge is 2.09. The summed E-state index contributed by atoms with van der Waals surface area (Å²) >= 11 is 1.81. The van der Waals surface area contributed by atoms with Gasteiger partial charge in [-0.15, -0.1) is 0 Å². The second-order valence-electron chi connectivity index (χ2n) is 3.96. The fraction of sp³-hybridized carbons (Fsp3) is 0.500.